The van der Waals surface area contributed by atoms with E-state index < -0.39 is 31.2 Å². The molecule has 1 atom stereocenters. The van der Waals surface area contributed by atoms with Crippen LogP contribution in [0, 0.1) is 0 Å². The molecule has 1 N–H and O–H groups in total. The van der Waals surface area contributed by atoms with Gasteiger partial charge in [-0.05, 0) is 19.1 Å². The maximum Gasteiger partial charge on any atom is 0.390 e. The van der Waals surface area contributed by atoms with Crippen LogP contribution in [-0.4, -0.2) is 42.6 Å². The lowest BCUT2D eigenvalue weighted by Crippen LogP contribution is -2.36. The van der Waals surface area contributed by atoms with E-state index in [9.17, 15) is 22.8 Å². The highest BCUT2D eigenvalue weighted by Gasteiger charge is 2.31. The van der Waals surface area contributed by atoms with Crippen molar-refractivity contribution >= 4 is 17.5 Å². The molecule has 0 unspecified atom stereocenters. The van der Waals surface area contributed by atoms with E-state index in [1.807, 2.05) is 0 Å². The maximum atomic E-state index is 12.3. The number of ether oxygens (including phenoxy) is 1. The van der Waals surface area contributed by atoms with Crippen LogP contribution in [-0.2, 0) is 4.79 Å². The van der Waals surface area contributed by atoms with Gasteiger partial charge in [-0.1, -0.05) is 6.07 Å². The number of carbonyl (C=O) groups excluding carboxylic acids is 2. The number of para-hydroxylation sites is 1. The van der Waals surface area contributed by atoms with Crippen molar-refractivity contribution in [2.24, 2.45) is 0 Å². The topological polar surface area (TPSA) is 58.6 Å². The van der Waals surface area contributed by atoms with Gasteiger partial charge in [-0.3, -0.25) is 9.59 Å². The van der Waals surface area contributed by atoms with Crippen LogP contribution in [0.25, 0.3) is 0 Å². The number of rotatable bonds is 3. The Bertz CT molecular complexity index is 601. The van der Waals surface area contributed by atoms with Gasteiger partial charge in [0.15, 0.2) is 11.9 Å². The summed E-state index contributed by atoms with van der Waals surface area (Å²) in [7, 11) is 1.29. The monoisotopic (exact) mass is 316 g/mol. The van der Waals surface area contributed by atoms with Crippen LogP contribution in [0.4, 0.5) is 18.9 Å². The van der Waals surface area contributed by atoms with Gasteiger partial charge in [0.05, 0.1) is 17.7 Å². The minimum atomic E-state index is -4.33. The van der Waals surface area contributed by atoms with Crippen molar-refractivity contribution in [2.45, 2.75) is 25.6 Å². The first-order valence-corrected chi connectivity index (χ1v) is 6.62. The SMILES string of the molecule is C[C@H]1Oc2c(cccc2C(=O)N(C)CCC(F)(F)F)NC1=O. The number of nitrogens with zero attached hydrogens (tertiary/aromatic N) is 1. The smallest absolute Gasteiger partial charge is 0.390 e. The second-order valence-corrected chi connectivity index (χ2v) is 5.02. The minimum Gasteiger partial charge on any atom is -0.478 e. The van der Waals surface area contributed by atoms with Gasteiger partial charge in [0, 0.05) is 13.6 Å². The molecule has 22 heavy (non-hydrogen) atoms. The summed E-state index contributed by atoms with van der Waals surface area (Å²) in [6.45, 7) is 1.07. The van der Waals surface area contributed by atoms with Crippen molar-refractivity contribution in [1.82, 2.24) is 4.90 Å². The van der Waals surface area contributed by atoms with E-state index in [-0.39, 0.29) is 17.2 Å². The van der Waals surface area contributed by atoms with Crippen molar-refractivity contribution < 1.29 is 27.5 Å². The highest BCUT2D eigenvalue weighted by atomic mass is 19.4. The van der Waals surface area contributed by atoms with Gasteiger partial charge in [-0.15, -0.1) is 0 Å². The van der Waals surface area contributed by atoms with Crippen molar-refractivity contribution in [1.29, 1.82) is 0 Å². The molecule has 1 aliphatic rings. The fraction of sp³-hybridized carbons (Fsp3) is 0.429. The van der Waals surface area contributed by atoms with Crippen LogP contribution in [0.2, 0.25) is 0 Å². The van der Waals surface area contributed by atoms with E-state index in [1.165, 1.54) is 26.1 Å². The van der Waals surface area contributed by atoms with Crippen LogP contribution >= 0.6 is 0 Å². The fourth-order valence-electron chi connectivity index (χ4n) is 2.00. The van der Waals surface area contributed by atoms with Crippen LogP contribution in [0.3, 0.4) is 0 Å². The van der Waals surface area contributed by atoms with Gasteiger partial charge in [0.25, 0.3) is 11.8 Å². The molecule has 1 aromatic carbocycles. The number of fused-ring (bicyclic) bond motifs is 1. The molecule has 0 aliphatic carbocycles. The second kappa shape index (κ2) is 5.86. The number of alkyl halides is 3. The zero-order valence-corrected chi connectivity index (χ0v) is 12.0. The Morgan fingerprint density at radius 3 is 2.73 bits per heavy atom. The van der Waals surface area contributed by atoms with Gasteiger partial charge in [-0.2, -0.15) is 13.2 Å². The normalized spacial score (nSPS) is 17.3. The molecule has 5 nitrogen and oxygen atoms in total. The number of nitrogens with one attached hydrogen (secondary N) is 1. The quantitative estimate of drug-likeness (QED) is 0.932. The Kier molecular flexibility index (Phi) is 4.30. The molecular formula is C14H15F3N2O3. The predicted molar refractivity (Wildman–Crippen MR) is 72.8 cm³/mol. The Balaban J connectivity index is 2.21. The van der Waals surface area contributed by atoms with E-state index in [1.54, 1.807) is 6.07 Å². The van der Waals surface area contributed by atoms with Crippen LogP contribution in [0.5, 0.6) is 5.75 Å². The first-order chi connectivity index (χ1) is 10.2. The lowest BCUT2D eigenvalue weighted by Gasteiger charge is -2.26. The molecule has 0 spiro atoms. The number of anilines is 1. The third kappa shape index (κ3) is 3.49. The summed E-state index contributed by atoms with van der Waals surface area (Å²) in [5.74, 6) is -0.759. The summed E-state index contributed by atoms with van der Waals surface area (Å²) in [6.07, 6.45) is -6.19. The molecule has 1 aliphatic heterocycles. The van der Waals surface area contributed by atoms with E-state index in [4.69, 9.17) is 4.74 Å². The first kappa shape index (κ1) is 16.1. The van der Waals surface area contributed by atoms with Crippen LogP contribution < -0.4 is 10.1 Å². The number of amides is 2. The zero-order chi connectivity index (χ0) is 16.5. The molecule has 0 saturated carbocycles. The highest BCUT2D eigenvalue weighted by molar-refractivity contribution is 6.03. The Labute approximate surface area is 125 Å². The van der Waals surface area contributed by atoms with Gasteiger partial charge >= 0.3 is 6.18 Å². The minimum absolute atomic E-state index is 0.119. The summed E-state index contributed by atoms with van der Waals surface area (Å²) < 4.78 is 42.1. The lowest BCUT2D eigenvalue weighted by atomic mass is 10.1. The zero-order valence-electron chi connectivity index (χ0n) is 12.0. The number of benzene rings is 1. The molecule has 1 aromatic rings. The highest BCUT2D eigenvalue weighted by Crippen LogP contribution is 2.34. The molecule has 0 aromatic heterocycles. The molecule has 2 amide bonds. The molecule has 0 fully saturated rings. The Morgan fingerprint density at radius 1 is 1.41 bits per heavy atom. The molecule has 8 heteroatoms. The summed E-state index contributed by atoms with van der Waals surface area (Å²) in [5, 5.41) is 2.59. The molecule has 1 heterocycles. The van der Waals surface area contributed by atoms with Gasteiger partial charge in [0.1, 0.15) is 0 Å². The maximum absolute atomic E-state index is 12.3. The standard InChI is InChI=1S/C14H15F3N2O3/c1-8-12(20)18-10-5-3-4-9(11(10)22-8)13(21)19(2)7-6-14(15,16)17/h3-5,8H,6-7H2,1-2H3,(H,18,20)/t8-/m1/s1. The third-order valence-corrected chi connectivity index (χ3v) is 3.24. The molecule has 2 rings (SSSR count). The molecule has 0 bridgehead atoms. The first-order valence-electron chi connectivity index (χ1n) is 6.62. The summed E-state index contributed by atoms with van der Waals surface area (Å²) in [6, 6.07) is 4.55. The molecule has 0 saturated heterocycles. The van der Waals surface area contributed by atoms with Crippen LogP contribution in [0.15, 0.2) is 18.2 Å². The summed E-state index contributed by atoms with van der Waals surface area (Å²) in [5.41, 5.74) is 0.451. The number of carbonyl (C=O) groups is 2. The van der Waals surface area contributed by atoms with E-state index in [0.29, 0.717) is 5.69 Å². The average molecular weight is 316 g/mol. The van der Waals surface area contributed by atoms with Gasteiger partial charge < -0.3 is 15.0 Å². The van der Waals surface area contributed by atoms with Gasteiger partial charge in [0.2, 0.25) is 0 Å². The van der Waals surface area contributed by atoms with Crippen LogP contribution in [0.1, 0.15) is 23.7 Å². The third-order valence-electron chi connectivity index (χ3n) is 3.24. The van der Waals surface area contributed by atoms with Gasteiger partial charge in [-0.25, -0.2) is 0 Å². The number of hydrogen-bond acceptors (Lipinski definition) is 3. The van der Waals surface area contributed by atoms with E-state index >= 15 is 0 Å². The van der Waals surface area contributed by atoms with E-state index in [2.05, 4.69) is 5.32 Å². The molecular weight excluding hydrogens is 301 g/mol. The number of halogens is 3. The summed E-state index contributed by atoms with van der Waals surface area (Å²) in [4.78, 5) is 24.8. The van der Waals surface area contributed by atoms with Crippen molar-refractivity contribution in [2.75, 3.05) is 18.9 Å². The second-order valence-electron chi connectivity index (χ2n) is 5.02. The van der Waals surface area contributed by atoms with Crippen molar-refractivity contribution in [3.63, 3.8) is 0 Å². The predicted octanol–water partition coefficient (Wildman–Crippen LogP) is 2.43. The largest absolute Gasteiger partial charge is 0.478 e. The fourth-order valence-corrected chi connectivity index (χ4v) is 2.00. The Morgan fingerprint density at radius 2 is 2.09 bits per heavy atom. The molecule has 0 radical (unpaired) electrons. The number of hydrogen-bond donors (Lipinski definition) is 1. The van der Waals surface area contributed by atoms with E-state index in [0.717, 1.165) is 4.90 Å². The van der Waals surface area contributed by atoms with Crippen molar-refractivity contribution in [3.05, 3.63) is 23.8 Å². The summed E-state index contributed by atoms with van der Waals surface area (Å²) >= 11 is 0. The lowest BCUT2D eigenvalue weighted by molar-refractivity contribution is -0.136. The Hall–Kier alpha value is -2.25. The average Bonchev–Trinajstić information content (AvgIpc) is 2.44. The van der Waals surface area contributed by atoms with Crippen molar-refractivity contribution in [3.8, 4) is 5.75 Å². The molecule has 120 valence electrons.